The third kappa shape index (κ3) is 4.17. The lowest BCUT2D eigenvalue weighted by Gasteiger charge is -2.17. The first-order valence-corrected chi connectivity index (χ1v) is 9.43. The summed E-state index contributed by atoms with van der Waals surface area (Å²) < 4.78 is 12.4. The number of esters is 1. The number of aromatic nitrogens is 1. The van der Waals surface area contributed by atoms with Crippen molar-refractivity contribution in [3.05, 3.63) is 65.0 Å². The van der Waals surface area contributed by atoms with Gasteiger partial charge in [0.05, 0.1) is 12.6 Å². The number of rotatable bonds is 7. The zero-order valence-corrected chi connectivity index (χ0v) is 17.1. The van der Waals surface area contributed by atoms with Gasteiger partial charge in [0, 0.05) is 24.1 Å². The molecule has 0 unspecified atom stereocenters. The van der Waals surface area contributed by atoms with Gasteiger partial charge < -0.3 is 19.1 Å². The molecule has 3 aromatic rings. The number of aryl methyl sites for hydroxylation is 1. The number of aromatic hydroxyl groups is 1. The minimum absolute atomic E-state index is 0.0377. The van der Waals surface area contributed by atoms with Crippen molar-refractivity contribution in [3.8, 4) is 5.75 Å². The van der Waals surface area contributed by atoms with Gasteiger partial charge in [0.2, 0.25) is 5.78 Å². The largest absolute Gasteiger partial charge is 0.507 e. The molecule has 0 aliphatic rings. The number of hydrogen-bond donors (Lipinski definition) is 1. The molecule has 29 heavy (non-hydrogen) atoms. The zero-order valence-electron chi connectivity index (χ0n) is 17.1. The molecule has 0 radical (unpaired) electrons. The second-order valence-electron chi connectivity index (χ2n) is 7.17. The molecule has 0 bridgehead atoms. The molecule has 1 atom stereocenters. The minimum atomic E-state index is -0.733. The average molecular weight is 395 g/mol. The fourth-order valence-electron chi connectivity index (χ4n) is 3.73. The van der Waals surface area contributed by atoms with Crippen molar-refractivity contribution < 1.29 is 24.2 Å². The Morgan fingerprint density at radius 3 is 2.38 bits per heavy atom. The van der Waals surface area contributed by atoms with Crippen LogP contribution in [0.25, 0.3) is 10.8 Å². The molecule has 6 heteroatoms. The predicted octanol–water partition coefficient (Wildman–Crippen LogP) is 4.21. The van der Waals surface area contributed by atoms with Crippen LogP contribution in [0.1, 0.15) is 45.1 Å². The maximum absolute atomic E-state index is 12.7. The van der Waals surface area contributed by atoms with E-state index in [2.05, 4.69) is 0 Å². The lowest BCUT2D eigenvalue weighted by molar-refractivity contribution is 0.0471. The van der Waals surface area contributed by atoms with E-state index in [0.29, 0.717) is 12.2 Å². The van der Waals surface area contributed by atoms with Crippen LogP contribution >= 0.6 is 0 Å². The van der Waals surface area contributed by atoms with E-state index in [-0.39, 0.29) is 23.1 Å². The van der Waals surface area contributed by atoms with Crippen molar-refractivity contribution in [1.82, 2.24) is 4.57 Å². The number of benzene rings is 2. The number of methoxy groups -OCH3 is 1. The van der Waals surface area contributed by atoms with E-state index >= 15 is 0 Å². The highest BCUT2D eigenvalue weighted by atomic mass is 16.5. The number of nitrogens with zero attached hydrogens (tertiary/aromatic N) is 1. The number of phenols is 1. The highest BCUT2D eigenvalue weighted by molar-refractivity contribution is 6.02. The van der Waals surface area contributed by atoms with Gasteiger partial charge in [0.15, 0.2) is 6.61 Å². The Morgan fingerprint density at radius 1 is 1.07 bits per heavy atom. The standard InChI is InChI=1S/C23H25NO5/c1-14-9-19(16(3)24(14)15(2)12-28-4)22(26)13-29-23(27)20-10-17-7-5-6-8-18(17)11-21(20)25/h5-11,15,25H,12-13H2,1-4H3/t15-/m1/s1. The minimum Gasteiger partial charge on any atom is -0.507 e. The summed E-state index contributed by atoms with van der Waals surface area (Å²) in [6.45, 7) is 5.94. The van der Waals surface area contributed by atoms with Crippen LogP contribution in [-0.2, 0) is 9.47 Å². The van der Waals surface area contributed by atoms with Gasteiger partial charge in [-0.05, 0) is 49.7 Å². The highest BCUT2D eigenvalue weighted by Crippen LogP contribution is 2.26. The Balaban J connectivity index is 1.75. The molecule has 1 N–H and O–H groups in total. The van der Waals surface area contributed by atoms with E-state index in [4.69, 9.17) is 9.47 Å². The Kier molecular flexibility index (Phi) is 6.03. The molecule has 0 spiro atoms. The van der Waals surface area contributed by atoms with E-state index in [0.717, 1.165) is 22.2 Å². The molecule has 0 fully saturated rings. The Labute approximate surface area is 169 Å². The number of phenolic OH excluding ortho intramolecular Hbond substituents is 1. The van der Waals surface area contributed by atoms with Crippen molar-refractivity contribution in [2.24, 2.45) is 0 Å². The van der Waals surface area contributed by atoms with E-state index in [1.165, 1.54) is 6.07 Å². The summed E-state index contributed by atoms with van der Waals surface area (Å²) in [4.78, 5) is 25.1. The van der Waals surface area contributed by atoms with E-state index in [1.807, 2.05) is 49.6 Å². The number of carbonyl (C=O) groups excluding carboxylic acids is 2. The molecular weight excluding hydrogens is 370 g/mol. The van der Waals surface area contributed by atoms with Gasteiger partial charge >= 0.3 is 5.97 Å². The van der Waals surface area contributed by atoms with Gasteiger partial charge in [-0.1, -0.05) is 24.3 Å². The third-order valence-corrected chi connectivity index (χ3v) is 5.05. The molecular formula is C23H25NO5. The quantitative estimate of drug-likeness (QED) is 0.479. The van der Waals surface area contributed by atoms with Crippen LogP contribution in [0.3, 0.4) is 0 Å². The summed E-state index contributed by atoms with van der Waals surface area (Å²) >= 11 is 0. The maximum atomic E-state index is 12.7. The fourth-order valence-corrected chi connectivity index (χ4v) is 3.73. The molecule has 3 rings (SSSR count). The van der Waals surface area contributed by atoms with Gasteiger partial charge in [-0.15, -0.1) is 0 Å². The first-order chi connectivity index (χ1) is 13.8. The summed E-state index contributed by atoms with van der Waals surface area (Å²) in [7, 11) is 1.64. The number of hydrogen-bond acceptors (Lipinski definition) is 5. The predicted molar refractivity (Wildman–Crippen MR) is 111 cm³/mol. The van der Waals surface area contributed by atoms with Crippen molar-refractivity contribution in [1.29, 1.82) is 0 Å². The first-order valence-electron chi connectivity index (χ1n) is 9.43. The summed E-state index contributed by atoms with van der Waals surface area (Å²) in [5.41, 5.74) is 2.30. The number of Topliss-reactive ketones (excluding diaryl/α,β-unsaturated/α-hetero) is 1. The van der Waals surface area contributed by atoms with E-state index in [9.17, 15) is 14.7 Å². The summed E-state index contributed by atoms with van der Waals surface area (Å²) in [6, 6.07) is 12.3. The third-order valence-electron chi connectivity index (χ3n) is 5.05. The van der Waals surface area contributed by atoms with Gasteiger partial charge in [-0.3, -0.25) is 4.79 Å². The Bertz CT molecular complexity index is 1070. The summed E-state index contributed by atoms with van der Waals surface area (Å²) in [5, 5.41) is 11.8. The van der Waals surface area contributed by atoms with Gasteiger partial charge in [-0.25, -0.2) is 4.79 Å². The molecule has 0 saturated carbocycles. The molecule has 1 heterocycles. The smallest absolute Gasteiger partial charge is 0.342 e. The summed E-state index contributed by atoms with van der Waals surface area (Å²) in [6.07, 6.45) is 0. The number of ketones is 1. The molecule has 2 aromatic carbocycles. The fraction of sp³-hybridized carbons (Fsp3) is 0.304. The zero-order chi connectivity index (χ0) is 21.1. The Morgan fingerprint density at radius 2 is 1.72 bits per heavy atom. The molecule has 0 aliphatic heterocycles. The van der Waals surface area contributed by atoms with Crippen molar-refractivity contribution in [3.63, 3.8) is 0 Å². The molecule has 152 valence electrons. The molecule has 0 amide bonds. The van der Waals surface area contributed by atoms with Gasteiger partial charge in [-0.2, -0.15) is 0 Å². The lowest BCUT2D eigenvalue weighted by Crippen LogP contribution is -2.17. The molecule has 6 nitrogen and oxygen atoms in total. The number of fused-ring (bicyclic) bond motifs is 1. The Hall–Kier alpha value is -3.12. The second-order valence-corrected chi connectivity index (χ2v) is 7.17. The maximum Gasteiger partial charge on any atom is 0.342 e. The van der Waals surface area contributed by atoms with Crippen LogP contribution in [0.2, 0.25) is 0 Å². The first kappa shape index (κ1) is 20.6. The number of carbonyl (C=O) groups is 2. The molecule has 1 aromatic heterocycles. The van der Waals surface area contributed by atoms with Crippen LogP contribution in [-0.4, -0.2) is 41.7 Å². The highest BCUT2D eigenvalue weighted by Gasteiger charge is 2.21. The van der Waals surface area contributed by atoms with E-state index < -0.39 is 12.6 Å². The van der Waals surface area contributed by atoms with Gasteiger partial charge in [0.1, 0.15) is 11.3 Å². The SMILES string of the molecule is COC[C@@H](C)n1c(C)cc(C(=O)COC(=O)c2cc3ccccc3cc2O)c1C. The van der Waals surface area contributed by atoms with Crippen molar-refractivity contribution >= 4 is 22.5 Å². The van der Waals surface area contributed by atoms with Crippen LogP contribution in [0.15, 0.2) is 42.5 Å². The molecule has 0 aliphatic carbocycles. The van der Waals surface area contributed by atoms with Crippen molar-refractivity contribution in [2.75, 3.05) is 20.3 Å². The van der Waals surface area contributed by atoms with E-state index in [1.54, 1.807) is 19.2 Å². The van der Waals surface area contributed by atoms with Gasteiger partial charge in [0.25, 0.3) is 0 Å². The van der Waals surface area contributed by atoms with Crippen LogP contribution in [0.5, 0.6) is 5.75 Å². The lowest BCUT2D eigenvalue weighted by atomic mass is 10.1. The van der Waals surface area contributed by atoms with Crippen LogP contribution in [0, 0.1) is 13.8 Å². The van der Waals surface area contributed by atoms with Crippen LogP contribution in [0.4, 0.5) is 0 Å². The van der Waals surface area contributed by atoms with Crippen LogP contribution < -0.4 is 0 Å². The second kappa shape index (κ2) is 8.49. The van der Waals surface area contributed by atoms with Crippen molar-refractivity contribution in [2.45, 2.75) is 26.8 Å². The number of ether oxygens (including phenoxy) is 2. The summed E-state index contributed by atoms with van der Waals surface area (Å²) in [5.74, 6) is -1.20. The monoisotopic (exact) mass is 395 g/mol. The average Bonchev–Trinajstić information content (AvgIpc) is 2.99. The topological polar surface area (TPSA) is 77.8 Å². The normalized spacial score (nSPS) is 12.1. The molecule has 0 saturated heterocycles.